The first-order valence-electron chi connectivity index (χ1n) is 5.13. The molecule has 1 nitrogen and oxygen atoms in total. The monoisotopic (exact) mass is 291 g/mol. The van der Waals surface area contributed by atoms with E-state index in [1.807, 2.05) is 20.8 Å². The predicted octanol–water partition coefficient (Wildman–Crippen LogP) is 3.99. The summed E-state index contributed by atoms with van der Waals surface area (Å²) >= 11 is 3.20. The summed E-state index contributed by atoms with van der Waals surface area (Å²) in [5.74, 6) is -0.508. The van der Waals surface area contributed by atoms with Gasteiger partial charge >= 0.3 is 0 Å². The van der Waals surface area contributed by atoms with E-state index in [-0.39, 0.29) is 17.6 Å². The second-order valence-electron chi connectivity index (χ2n) is 4.76. The van der Waals surface area contributed by atoms with Crippen LogP contribution in [0.1, 0.15) is 32.5 Å². The van der Waals surface area contributed by atoms with E-state index < -0.39 is 12.0 Å². The van der Waals surface area contributed by atoms with Crippen molar-refractivity contribution in [3.05, 3.63) is 34.1 Å². The average molecular weight is 292 g/mol. The van der Waals surface area contributed by atoms with Crippen molar-refractivity contribution >= 4 is 15.9 Å². The van der Waals surface area contributed by atoms with E-state index in [2.05, 4.69) is 21.2 Å². The molecule has 4 heteroatoms. The summed E-state index contributed by atoms with van der Waals surface area (Å²) in [7, 11) is 0. The smallest absolute Gasteiger partial charge is 0.140 e. The lowest BCUT2D eigenvalue weighted by Crippen LogP contribution is -2.38. The normalized spacial score (nSPS) is 13.9. The Hall–Kier alpha value is -0.480. The van der Waals surface area contributed by atoms with Gasteiger partial charge in [0.25, 0.3) is 0 Å². The van der Waals surface area contributed by atoms with Crippen LogP contribution in [0.2, 0.25) is 0 Å². The van der Waals surface area contributed by atoms with Gasteiger partial charge in [-0.15, -0.1) is 0 Å². The highest BCUT2D eigenvalue weighted by Crippen LogP contribution is 2.24. The third-order valence-corrected chi connectivity index (χ3v) is 2.60. The fourth-order valence-electron chi connectivity index (χ4n) is 1.26. The first-order chi connectivity index (χ1) is 7.29. The largest absolute Gasteiger partial charge is 0.309 e. The van der Waals surface area contributed by atoms with Gasteiger partial charge in [-0.05, 0) is 39.0 Å². The van der Waals surface area contributed by atoms with Crippen LogP contribution in [0.4, 0.5) is 8.78 Å². The molecular formula is C12H16BrF2N. The van der Waals surface area contributed by atoms with Crippen LogP contribution in [0, 0.1) is 5.82 Å². The Kier molecular flexibility index (Phi) is 4.44. The van der Waals surface area contributed by atoms with Gasteiger partial charge in [-0.1, -0.05) is 15.9 Å². The fourth-order valence-corrected chi connectivity index (χ4v) is 1.64. The van der Waals surface area contributed by atoms with Gasteiger partial charge in [0.05, 0.1) is 0 Å². The van der Waals surface area contributed by atoms with Gasteiger partial charge in [0, 0.05) is 22.1 Å². The molecule has 1 aromatic rings. The topological polar surface area (TPSA) is 12.0 Å². The summed E-state index contributed by atoms with van der Waals surface area (Å²) < 4.78 is 27.8. The molecule has 0 amide bonds. The molecule has 0 fully saturated rings. The zero-order valence-electron chi connectivity index (χ0n) is 9.65. The van der Waals surface area contributed by atoms with Crippen molar-refractivity contribution in [3.63, 3.8) is 0 Å². The lowest BCUT2D eigenvalue weighted by Gasteiger charge is -2.22. The van der Waals surface area contributed by atoms with E-state index in [0.717, 1.165) is 0 Å². The summed E-state index contributed by atoms with van der Waals surface area (Å²) in [6, 6.07) is 4.30. The molecule has 0 aliphatic carbocycles. The Morgan fingerprint density at radius 2 is 2.00 bits per heavy atom. The molecule has 1 aromatic carbocycles. The van der Waals surface area contributed by atoms with Crippen LogP contribution in [-0.2, 0) is 0 Å². The molecule has 0 aliphatic rings. The number of nitrogens with one attached hydrogen (secondary N) is 1. The van der Waals surface area contributed by atoms with E-state index in [9.17, 15) is 8.78 Å². The first kappa shape index (κ1) is 13.6. The number of hydrogen-bond donors (Lipinski definition) is 1. The molecule has 1 rings (SSSR count). The molecule has 0 bridgehead atoms. The highest BCUT2D eigenvalue weighted by molar-refractivity contribution is 9.10. The second kappa shape index (κ2) is 5.23. The lowest BCUT2D eigenvalue weighted by atomic mass is 10.1. The van der Waals surface area contributed by atoms with Crippen molar-refractivity contribution in [2.45, 2.75) is 32.5 Å². The molecule has 0 aromatic heterocycles. The number of benzene rings is 1. The molecule has 0 saturated heterocycles. The van der Waals surface area contributed by atoms with E-state index in [1.54, 1.807) is 6.07 Å². The van der Waals surface area contributed by atoms with E-state index >= 15 is 0 Å². The first-order valence-corrected chi connectivity index (χ1v) is 5.93. The van der Waals surface area contributed by atoms with E-state index in [4.69, 9.17) is 0 Å². The number of hydrogen-bond acceptors (Lipinski definition) is 1. The van der Waals surface area contributed by atoms with E-state index in [1.165, 1.54) is 12.1 Å². The average Bonchev–Trinajstić information content (AvgIpc) is 2.17. The second-order valence-corrected chi connectivity index (χ2v) is 5.68. The molecule has 0 spiro atoms. The molecule has 16 heavy (non-hydrogen) atoms. The maximum atomic E-state index is 13.8. The maximum Gasteiger partial charge on any atom is 0.140 e. The Labute approximate surface area is 103 Å². The zero-order chi connectivity index (χ0) is 12.3. The summed E-state index contributed by atoms with van der Waals surface area (Å²) in [4.78, 5) is 0. The van der Waals surface area contributed by atoms with Crippen LogP contribution >= 0.6 is 15.9 Å². The van der Waals surface area contributed by atoms with Gasteiger partial charge in [0.1, 0.15) is 12.0 Å². The van der Waals surface area contributed by atoms with Crippen LogP contribution in [0.15, 0.2) is 22.7 Å². The molecule has 0 heterocycles. The standard InChI is InChI=1S/C12H16BrF2N/c1-12(2,3)16-7-11(15)9-6-8(13)4-5-10(9)14/h4-6,11,16H,7H2,1-3H3. The number of rotatable bonds is 3. The molecule has 1 unspecified atom stereocenters. The van der Waals surface area contributed by atoms with E-state index in [0.29, 0.717) is 4.47 Å². The Balaban J connectivity index is 2.73. The number of alkyl halides is 1. The van der Waals surface area contributed by atoms with Gasteiger partial charge in [0.15, 0.2) is 0 Å². The molecule has 1 N–H and O–H groups in total. The minimum Gasteiger partial charge on any atom is -0.309 e. The van der Waals surface area contributed by atoms with Crippen LogP contribution in [-0.4, -0.2) is 12.1 Å². The van der Waals surface area contributed by atoms with Crippen LogP contribution in [0.3, 0.4) is 0 Å². The van der Waals surface area contributed by atoms with Gasteiger partial charge in [-0.3, -0.25) is 0 Å². The van der Waals surface area contributed by atoms with Crippen molar-refractivity contribution in [2.75, 3.05) is 6.54 Å². The van der Waals surface area contributed by atoms with Crippen molar-refractivity contribution < 1.29 is 8.78 Å². The SMILES string of the molecule is CC(C)(C)NCC(F)c1cc(Br)ccc1F. The summed E-state index contributed by atoms with van der Waals surface area (Å²) in [6.45, 7) is 5.93. The Morgan fingerprint density at radius 3 is 2.56 bits per heavy atom. The van der Waals surface area contributed by atoms with Crippen molar-refractivity contribution in [2.24, 2.45) is 0 Å². The van der Waals surface area contributed by atoms with Gasteiger partial charge < -0.3 is 5.32 Å². The zero-order valence-corrected chi connectivity index (χ0v) is 11.2. The fraction of sp³-hybridized carbons (Fsp3) is 0.500. The summed E-state index contributed by atoms with van der Waals surface area (Å²) in [6.07, 6.45) is -1.34. The van der Waals surface area contributed by atoms with Gasteiger partial charge in [-0.25, -0.2) is 8.78 Å². The minimum atomic E-state index is -1.34. The Morgan fingerprint density at radius 1 is 1.38 bits per heavy atom. The molecular weight excluding hydrogens is 276 g/mol. The summed E-state index contributed by atoms with van der Waals surface area (Å²) in [5.41, 5.74) is -0.0848. The van der Waals surface area contributed by atoms with Crippen molar-refractivity contribution in [1.29, 1.82) is 0 Å². The quantitative estimate of drug-likeness (QED) is 0.888. The predicted molar refractivity (Wildman–Crippen MR) is 65.7 cm³/mol. The Bertz CT molecular complexity index is 361. The third-order valence-electron chi connectivity index (χ3n) is 2.11. The van der Waals surface area contributed by atoms with Crippen molar-refractivity contribution in [1.82, 2.24) is 5.32 Å². The lowest BCUT2D eigenvalue weighted by molar-refractivity contribution is 0.285. The van der Waals surface area contributed by atoms with Gasteiger partial charge in [0.2, 0.25) is 0 Å². The molecule has 0 aliphatic heterocycles. The molecule has 1 atom stereocenters. The molecule has 0 radical (unpaired) electrons. The van der Waals surface area contributed by atoms with Gasteiger partial charge in [-0.2, -0.15) is 0 Å². The van der Waals surface area contributed by atoms with Crippen LogP contribution in [0.5, 0.6) is 0 Å². The van der Waals surface area contributed by atoms with Crippen molar-refractivity contribution in [3.8, 4) is 0 Å². The molecule has 0 saturated carbocycles. The minimum absolute atomic E-state index is 0.0890. The molecule has 90 valence electrons. The third kappa shape index (κ3) is 4.18. The summed E-state index contributed by atoms with van der Waals surface area (Å²) in [5, 5.41) is 3.01. The highest BCUT2D eigenvalue weighted by atomic mass is 79.9. The van der Waals surface area contributed by atoms with Crippen LogP contribution in [0.25, 0.3) is 0 Å². The maximum absolute atomic E-state index is 13.8. The van der Waals surface area contributed by atoms with Crippen LogP contribution < -0.4 is 5.32 Å². The highest BCUT2D eigenvalue weighted by Gasteiger charge is 2.18. The number of halogens is 3.